The number of rotatable bonds is 7. The Morgan fingerprint density at radius 3 is 2.30 bits per heavy atom. The molecule has 1 aromatic carbocycles. The molecule has 0 heterocycles. The van der Waals surface area contributed by atoms with Gasteiger partial charge in [0.15, 0.2) is 0 Å². The number of carbonyl (C=O) groups is 3. The van der Waals surface area contributed by atoms with Gasteiger partial charge in [-0.3, -0.25) is 14.4 Å². The fourth-order valence-corrected chi connectivity index (χ4v) is 1.61. The summed E-state index contributed by atoms with van der Waals surface area (Å²) in [5, 5.41) is 8.71. The highest BCUT2D eigenvalue weighted by molar-refractivity contribution is 5.96. The number of aliphatic carboxylic acids is 1. The lowest BCUT2D eigenvalue weighted by Gasteiger charge is -2.22. The van der Waals surface area contributed by atoms with E-state index in [4.69, 9.17) is 15.6 Å². The maximum Gasteiger partial charge on any atom is 0.305 e. The Hall–Kier alpha value is -2.41. The van der Waals surface area contributed by atoms with Crippen molar-refractivity contribution in [3.05, 3.63) is 29.8 Å². The van der Waals surface area contributed by atoms with E-state index in [1.165, 1.54) is 36.3 Å². The fraction of sp³-hybridized carbons (Fsp3) is 0.308. The summed E-state index contributed by atoms with van der Waals surface area (Å²) in [5.41, 5.74) is 5.92. The zero-order valence-electron chi connectivity index (χ0n) is 11.0. The highest BCUT2D eigenvalue weighted by Gasteiger charge is 2.17. The Bertz CT molecular complexity index is 498. The third-order valence-electron chi connectivity index (χ3n) is 2.58. The molecular formula is C13H16N2O5. The Morgan fingerprint density at radius 2 is 1.85 bits per heavy atom. The minimum atomic E-state index is -1.01. The number of carbonyl (C=O) groups excluding carboxylic acids is 2. The van der Waals surface area contributed by atoms with E-state index in [1.54, 1.807) is 0 Å². The van der Waals surface area contributed by atoms with Gasteiger partial charge in [-0.05, 0) is 24.3 Å². The summed E-state index contributed by atoms with van der Waals surface area (Å²) in [6.07, 6.45) is -0.187. The van der Waals surface area contributed by atoms with Gasteiger partial charge >= 0.3 is 5.97 Å². The number of ether oxygens (including phenoxy) is 1. The van der Waals surface area contributed by atoms with Gasteiger partial charge in [-0.25, -0.2) is 0 Å². The molecule has 0 radical (unpaired) electrons. The molecule has 0 spiro atoms. The second kappa shape index (κ2) is 7.25. The molecule has 0 aliphatic carbocycles. The van der Waals surface area contributed by atoms with Gasteiger partial charge in [0.25, 0.3) is 5.91 Å². The molecule has 0 saturated carbocycles. The van der Waals surface area contributed by atoms with Crippen LogP contribution in [0, 0.1) is 0 Å². The Morgan fingerprint density at radius 1 is 1.25 bits per heavy atom. The second-order valence-corrected chi connectivity index (χ2v) is 4.03. The third kappa shape index (κ3) is 4.36. The van der Waals surface area contributed by atoms with Crippen LogP contribution in [-0.2, 0) is 14.3 Å². The average molecular weight is 280 g/mol. The number of amides is 2. The maximum atomic E-state index is 11.9. The molecule has 20 heavy (non-hydrogen) atoms. The van der Waals surface area contributed by atoms with Crippen molar-refractivity contribution in [3.8, 4) is 0 Å². The summed E-state index contributed by atoms with van der Waals surface area (Å²) in [7, 11) is 1.38. The largest absolute Gasteiger partial charge is 0.481 e. The van der Waals surface area contributed by atoms with Gasteiger partial charge in [0.05, 0.1) is 6.42 Å². The summed E-state index contributed by atoms with van der Waals surface area (Å²) in [5.74, 6) is -1.94. The molecule has 0 atom stereocenters. The van der Waals surface area contributed by atoms with Crippen LogP contribution in [0.5, 0.6) is 0 Å². The number of primary amides is 1. The topological polar surface area (TPSA) is 110 Å². The second-order valence-electron chi connectivity index (χ2n) is 4.03. The van der Waals surface area contributed by atoms with E-state index in [2.05, 4.69) is 0 Å². The Labute approximate surface area is 115 Å². The molecule has 1 aromatic rings. The number of nitrogens with zero attached hydrogens (tertiary/aromatic N) is 1. The Kier molecular flexibility index (Phi) is 5.67. The van der Waals surface area contributed by atoms with Gasteiger partial charge in [-0.2, -0.15) is 0 Å². The molecule has 0 aliphatic rings. The summed E-state index contributed by atoms with van der Waals surface area (Å²) in [6.45, 7) is -0.134. The van der Waals surface area contributed by atoms with Crippen LogP contribution in [-0.4, -0.2) is 43.2 Å². The molecule has 0 aliphatic heterocycles. The van der Waals surface area contributed by atoms with Crippen LogP contribution in [0.15, 0.2) is 24.3 Å². The van der Waals surface area contributed by atoms with Gasteiger partial charge < -0.3 is 20.5 Å². The first-order chi connectivity index (χ1) is 9.45. The third-order valence-corrected chi connectivity index (χ3v) is 2.58. The monoisotopic (exact) mass is 280 g/mol. The van der Waals surface area contributed by atoms with Crippen molar-refractivity contribution in [1.29, 1.82) is 0 Å². The predicted molar refractivity (Wildman–Crippen MR) is 71.4 cm³/mol. The van der Waals surface area contributed by atoms with Crippen LogP contribution in [0.2, 0.25) is 0 Å². The zero-order chi connectivity index (χ0) is 15.1. The van der Waals surface area contributed by atoms with Gasteiger partial charge in [0.1, 0.15) is 6.61 Å². The molecule has 0 unspecified atom stereocenters. The SMILES string of the molecule is COCC(=O)N(CCC(=O)O)c1ccc(C(N)=O)cc1. The van der Waals surface area contributed by atoms with Gasteiger partial charge in [0.2, 0.25) is 5.91 Å². The van der Waals surface area contributed by atoms with E-state index in [-0.39, 0.29) is 25.5 Å². The molecule has 0 bridgehead atoms. The number of carboxylic acid groups (broad SMARTS) is 1. The average Bonchev–Trinajstić information content (AvgIpc) is 2.39. The van der Waals surface area contributed by atoms with Crippen molar-refractivity contribution in [2.75, 3.05) is 25.2 Å². The summed E-state index contributed by atoms with van der Waals surface area (Å²) in [4.78, 5) is 34.8. The van der Waals surface area contributed by atoms with Crippen LogP contribution < -0.4 is 10.6 Å². The van der Waals surface area contributed by atoms with Crippen LogP contribution in [0.25, 0.3) is 0 Å². The predicted octanol–water partition coefficient (Wildman–Crippen LogP) is 0.240. The molecule has 0 fully saturated rings. The van der Waals surface area contributed by atoms with Crippen molar-refractivity contribution < 1.29 is 24.2 Å². The van der Waals surface area contributed by atoms with E-state index in [1.807, 2.05) is 0 Å². The van der Waals surface area contributed by atoms with Gasteiger partial charge in [-0.1, -0.05) is 0 Å². The highest BCUT2D eigenvalue weighted by Crippen LogP contribution is 2.16. The smallest absolute Gasteiger partial charge is 0.305 e. The number of nitrogens with two attached hydrogens (primary N) is 1. The number of hydrogen-bond donors (Lipinski definition) is 2. The molecule has 7 heteroatoms. The number of methoxy groups -OCH3 is 1. The Balaban J connectivity index is 2.93. The molecule has 7 nitrogen and oxygen atoms in total. The first-order valence-electron chi connectivity index (χ1n) is 5.86. The lowest BCUT2D eigenvalue weighted by Crippen LogP contribution is -2.35. The lowest BCUT2D eigenvalue weighted by molar-refractivity contribution is -0.136. The number of hydrogen-bond acceptors (Lipinski definition) is 4. The number of carboxylic acids is 1. The van der Waals surface area contributed by atoms with Crippen LogP contribution in [0.4, 0.5) is 5.69 Å². The van der Waals surface area contributed by atoms with Crippen molar-refractivity contribution in [2.45, 2.75) is 6.42 Å². The standard InChI is InChI=1S/C13H16N2O5/c1-20-8-11(16)15(7-6-12(17)18)10-4-2-9(3-5-10)13(14)19/h2-5H,6-8H2,1H3,(H2,14,19)(H,17,18). The van der Waals surface area contributed by atoms with Crippen molar-refractivity contribution >= 4 is 23.5 Å². The van der Waals surface area contributed by atoms with E-state index < -0.39 is 11.9 Å². The van der Waals surface area contributed by atoms with Crippen molar-refractivity contribution in [1.82, 2.24) is 0 Å². The molecule has 0 saturated heterocycles. The summed E-state index contributed by atoms with van der Waals surface area (Å²) in [6, 6.07) is 6.03. The van der Waals surface area contributed by atoms with E-state index in [0.717, 1.165) is 0 Å². The lowest BCUT2D eigenvalue weighted by atomic mass is 10.2. The molecule has 2 amide bonds. The van der Waals surface area contributed by atoms with Crippen LogP contribution in [0.1, 0.15) is 16.8 Å². The number of benzene rings is 1. The first kappa shape index (κ1) is 15.6. The summed E-state index contributed by atoms with van der Waals surface area (Å²) < 4.78 is 4.76. The minimum absolute atomic E-state index is 0.0213. The van der Waals surface area contributed by atoms with Crippen LogP contribution in [0.3, 0.4) is 0 Å². The van der Waals surface area contributed by atoms with Gasteiger partial charge in [0, 0.05) is 24.9 Å². The molecule has 0 aromatic heterocycles. The normalized spacial score (nSPS) is 10.1. The molecule has 1 rings (SSSR count). The van der Waals surface area contributed by atoms with Gasteiger partial charge in [-0.15, -0.1) is 0 Å². The highest BCUT2D eigenvalue weighted by atomic mass is 16.5. The molecule has 3 N–H and O–H groups in total. The summed E-state index contributed by atoms with van der Waals surface area (Å²) >= 11 is 0. The quantitative estimate of drug-likeness (QED) is 0.743. The molecular weight excluding hydrogens is 264 g/mol. The molecule has 108 valence electrons. The van der Waals surface area contributed by atoms with Crippen molar-refractivity contribution in [3.63, 3.8) is 0 Å². The van der Waals surface area contributed by atoms with E-state index in [9.17, 15) is 14.4 Å². The van der Waals surface area contributed by atoms with E-state index >= 15 is 0 Å². The van der Waals surface area contributed by atoms with Crippen molar-refractivity contribution in [2.24, 2.45) is 5.73 Å². The maximum absolute atomic E-state index is 11.9. The zero-order valence-corrected chi connectivity index (χ0v) is 11.0. The van der Waals surface area contributed by atoms with Crippen LogP contribution >= 0.6 is 0 Å². The fourth-order valence-electron chi connectivity index (χ4n) is 1.61. The van der Waals surface area contributed by atoms with E-state index in [0.29, 0.717) is 11.3 Å². The first-order valence-corrected chi connectivity index (χ1v) is 5.86. The minimum Gasteiger partial charge on any atom is -0.481 e. The number of anilines is 1.